The summed E-state index contributed by atoms with van der Waals surface area (Å²) in [6, 6.07) is 6.35. The Morgan fingerprint density at radius 2 is 2.31 bits per heavy atom. The van der Waals surface area contributed by atoms with Crippen molar-refractivity contribution >= 4 is 5.97 Å². The van der Waals surface area contributed by atoms with Gasteiger partial charge in [-0.25, -0.2) is 0 Å². The fraction of sp³-hybridized carbons (Fsp3) is 0.500. The molecule has 2 unspecified atom stereocenters. The highest BCUT2D eigenvalue weighted by Crippen LogP contribution is 2.60. The summed E-state index contributed by atoms with van der Waals surface area (Å²) >= 11 is 0. The summed E-state index contributed by atoms with van der Waals surface area (Å²) in [5, 5.41) is 9.17. The first kappa shape index (κ1) is 9.88. The number of rotatable bonds is 1. The minimum Gasteiger partial charge on any atom is -0.481 e. The number of aryl methyl sites for hydroxylation is 1. The molecule has 0 aromatic heterocycles. The first-order valence-corrected chi connectivity index (χ1v) is 5.97. The van der Waals surface area contributed by atoms with E-state index in [1.54, 1.807) is 0 Å². The summed E-state index contributed by atoms with van der Waals surface area (Å²) in [4.78, 5) is 11.1. The van der Waals surface area contributed by atoms with Crippen LogP contribution in [0.2, 0.25) is 0 Å². The van der Waals surface area contributed by atoms with Gasteiger partial charge in [-0.3, -0.25) is 4.79 Å². The molecule has 0 radical (unpaired) electrons. The van der Waals surface area contributed by atoms with Crippen LogP contribution in [0.25, 0.3) is 0 Å². The van der Waals surface area contributed by atoms with E-state index in [9.17, 15) is 4.79 Å². The van der Waals surface area contributed by atoms with Gasteiger partial charge in [-0.15, -0.1) is 0 Å². The lowest BCUT2D eigenvalue weighted by Crippen LogP contribution is -2.21. The molecule has 1 aromatic carbocycles. The van der Waals surface area contributed by atoms with Crippen LogP contribution in [-0.2, 0) is 16.6 Å². The van der Waals surface area contributed by atoms with Crippen LogP contribution in [-0.4, -0.2) is 11.1 Å². The Bertz CT molecular complexity index is 464. The van der Waals surface area contributed by atoms with E-state index in [4.69, 9.17) is 5.11 Å². The molecule has 0 amide bonds. The van der Waals surface area contributed by atoms with Crippen LogP contribution >= 0.6 is 0 Å². The van der Waals surface area contributed by atoms with Gasteiger partial charge in [0.1, 0.15) is 0 Å². The van der Waals surface area contributed by atoms with E-state index in [0.29, 0.717) is 0 Å². The second-order valence-corrected chi connectivity index (χ2v) is 5.21. The SMILES string of the molecule is Cc1cccc2c1CCCC21CC1C(=O)O. The molecule has 1 aromatic rings. The average Bonchev–Trinajstić information content (AvgIpc) is 2.96. The van der Waals surface area contributed by atoms with Gasteiger partial charge in [-0.1, -0.05) is 18.2 Å². The van der Waals surface area contributed by atoms with Gasteiger partial charge in [0, 0.05) is 5.41 Å². The normalized spacial score (nSPS) is 31.2. The van der Waals surface area contributed by atoms with E-state index >= 15 is 0 Å². The van der Waals surface area contributed by atoms with E-state index in [0.717, 1.165) is 25.7 Å². The molecule has 2 aliphatic rings. The van der Waals surface area contributed by atoms with Crippen molar-refractivity contribution in [2.75, 3.05) is 0 Å². The number of benzene rings is 1. The van der Waals surface area contributed by atoms with Crippen LogP contribution in [0.15, 0.2) is 18.2 Å². The number of hydrogen-bond acceptors (Lipinski definition) is 1. The monoisotopic (exact) mass is 216 g/mol. The van der Waals surface area contributed by atoms with Crippen LogP contribution in [0, 0.1) is 12.8 Å². The summed E-state index contributed by atoms with van der Waals surface area (Å²) in [6.45, 7) is 2.13. The van der Waals surface area contributed by atoms with Gasteiger partial charge < -0.3 is 5.11 Å². The third-order valence-corrected chi connectivity index (χ3v) is 4.37. The van der Waals surface area contributed by atoms with Crippen LogP contribution in [0.5, 0.6) is 0 Å². The van der Waals surface area contributed by atoms with E-state index < -0.39 is 5.97 Å². The van der Waals surface area contributed by atoms with E-state index in [2.05, 4.69) is 25.1 Å². The first-order chi connectivity index (χ1) is 7.65. The lowest BCUT2D eigenvalue weighted by molar-refractivity contribution is -0.139. The second kappa shape index (κ2) is 3.09. The van der Waals surface area contributed by atoms with Gasteiger partial charge in [-0.2, -0.15) is 0 Å². The van der Waals surface area contributed by atoms with E-state index in [1.165, 1.54) is 16.7 Å². The molecule has 2 aliphatic carbocycles. The maximum Gasteiger partial charge on any atom is 0.307 e. The number of carboxylic acids is 1. The molecule has 1 N–H and O–H groups in total. The zero-order valence-electron chi connectivity index (χ0n) is 9.49. The molecule has 0 aliphatic heterocycles. The molecule has 0 bridgehead atoms. The third kappa shape index (κ3) is 1.16. The Balaban J connectivity index is 2.09. The molecule has 2 nitrogen and oxygen atoms in total. The van der Waals surface area contributed by atoms with Crippen molar-refractivity contribution in [2.24, 2.45) is 5.92 Å². The molecule has 84 valence electrons. The van der Waals surface area contributed by atoms with Crippen LogP contribution in [0.1, 0.15) is 36.0 Å². The minimum absolute atomic E-state index is 0.00850. The Hall–Kier alpha value is -1.31. The number of fused-ring (bicyclic) bond motifs is 2. The fourth-order valence-electron chi connectivity index (χ4n) is 3.42. The molecule has 3 rings (SSSR count). The highest BCUT2D eigenvalue weighted by molar-refractivity contribution is 5.77. The minimum atomic E-state index is -0.616. The fourth-order valence-corrected chi connectivity index (χ4v) is 3.42. The van der Waals surface area contributed by atoms with Gasteiger partial charge in [0.05, 0.1) is 5.92 Å². The van der Waals surface area contributed by atoms with Gasteiger partial charge in [-0.05, 0) is 49.3 Å². The van der Waals surface area contributed by atoms with Crippen molar-refractivity contribution in [3.8, 4) is 0 Å². The summed E-state index contributed by atoms with van der Waals surface area (Å²) in [5.41, 5.74) is 4.06. The highest BCUT2D eigenvalue weighted by Gasteiger charge is 2.60. The van der Waals surface area contributed by atoms with E-state index in [1.807, 2.05) is 0 Å². The molecule has 0 saturated heterocycles. The molecule has 0 heterocycles. The molecule has 16 heavy (non-hydrogen) atoms. The lowest BCUT2D eigenvalue weighted by Gasteiger charge is -2.27. The first-order valence-electron chi connectivity index (χ1n) is 5.97. The Labute approximate surface area is 95.3 Å². The Kier molecular flexibility index (Phi) is 1.91. The average molecular weight is 216 g/mol. The molecule has 1 fully saturated rings. The number of hydrogen-bond donors (Lipinski definition) is 1. The maximum atomic E-state index is 11.1. The van der Waals surface area contributed by atoms with Crippen LogP contribution in [0.4, 0.5) is 0 Å². The predicted octanol–water partition coefficient (Wildman–Crippen LogP) is 2.67. The second-order valence-electron chi connectivity index (χ2n) is 5.21. The number of carboxylic acid groups (broad SMARTS) is 1. The summed E-state index contributed by atoms with van der Waals surface area (Å²) < 4.78 is 0. The van der Waals surface area contributed by atoms with Crippen molar-refractivity contribution in [1.29, 1.82) is 0 Å². The van der Waals surface area contributed by atoms with Crippen LogP contribution < -0.4 is 0 Å². The van der Waals surface area contributed by atoms with Gasteiger partial charge >= 0.3 is 5.97 Å². The van der Waals surface area contributed by atoms with Crippen molar-refractivity contribution in [2.45, 2.75) is 38.0 Å². The summed E-state index contributed by atoms with van der Waals surface area (Å²) in [5.74, 6) is -0.747. The van der Waals surface area contributed by atoms with Crippen molar-refractivity contribution in [1.82, 2.24) is 0 Å². The maximum absolute atomic E-state index is 11.1. The van der Waals surface area contributed by atoms with Gasteiger partial charge in [0.25, 0.3) is 0 Å². The van der Waals surface area contributed by atoms with Gasteiger partial charge in [0.15, 0.2) is 0 Å². The number of aliphatic carboxylic acids is 1. The third-order valence-electron chi connectivity index (χ3n) is 4.37. The predicted molar refractivity (Wildman–Crippen MR) is 61.5 cm³/mol. The van der Waals surface area contributed by atoms with E-state index in [-0.39, 0.29) is 11.3 Å². The molecule has 2 atom stereocenters. The molecule has 1 saturated carbocycles. The lowest BCUT2D eigenvalue weighted by atomic mass is 9.77. The Morgan fingerprint density at radius 1 is 1.50 bits per heavy atom. The molecule has 1 spiro atoms. The number of carbonyl (C=O) groups is 1. The highest BCUT2D eigenvalue weighted by atomic mass is 16.4. The zero-order chi connectivity index (χ0) is 11.3. The summed E-state index contributed by atoms with van der Waals surface area (Å²) in [7, 11) is 0. The van der Waals surface area contributed by atoms with Crippen molar-refractivity contribution < 1.29 is 9.90 Å². The van der Waals surface area contributed by atoms with Gasteiger partial charge in [0.2, 0.25) is 0 Å². The van der Waals surface area contributed by atoms with Crippen LogP contribution in [0.3, 0.4) is 0 Å². The standard InChI is InChI=1S/C14H16O2/c1-9-4-2-6-11-10(9)5-3-7-14(11)8-12(14)13(15)16/h2,4,6,12H,3,5,7-8H2,1H3,(H,15,16). The Morgan fingerprint density at radius 3 is 3.00 bits per heavy atom. The topological polar surface area (TPSA) is 37.3 Å². The van der Waals surface area contributed by atoms with Crippen molar-refractivity contribution in [3.05, 3.63) is 34.9 Å². The summed E-state index contributed by atoms with van der Waals surface area (Å²) in [6.07, 6.45) is 4.16. The smallest absolute Gasteiger partial charge is 0.307 e. The molecular weight excluding hydrogens is 200 g/mol. The quantitative estimate of drug-likeness (QED) is 0.783. The van der Waals surface area contributed by atoms with Crippen molar-refractivity contribution in [3.63, 3.8) is 0 Å². The molecular formula is C14H16O2. The largest absolute Gasteiger partial charge is 0.481 e. The zero-order valence-corrected chi connectivity index (χ0v) is 9.49. The molecule has 2 heteroatoms.